The van der Waals surface area contributed by atoms with E-state index in [2.05, 4.69) is 20.3 Å². The predicted octanol–water partition coefficient (Wildman–Crippen LogP) is 2.81. The molecular formula is C15H11F3N4O2. The number of nitrogens with one attached hydrogen (secondary N) is 1. The summed E-state index contributed by atoms with van der Waals surface area (Å²) in [5, 5.41) is 10.4. The maximum Gasteiger partial charge on any atom is 0.573 e. The maximum absolute atomic E-state index is 12.1. The Hall–Kier alpha value is -3.10. The lowest BCUT2D eigenvalue weighted by Gasteiger charge is -2.09. The monoisotopic (exact) mass is 336 g/mol. The van der Waals surface area contributed by atoms with Gasteiger partial charge < -0.3 is 4.74 Å². The van der Waals surface area contributed by atoms with Crippen molar-refractivity contribution in [2.24, 2.45) is 0 Å². The van der Waals surface area contributed by atoms with Gasteiger partial charge in [0.25, 0.3) is 0 Å². The Morgan fingerprint density at radius 2 is 1.88 bits per heavy atom. The zero-order valence-corrected chi connectivity index (χ0v) is 12.1. The number of carbonyl (C=O) groups excluding carboxylic acids is 1. The Morgan fingerprint density at radius 1 is 1.12 bits per heavy atom. The van der Waals surface area contributed by atoms with Crippen LogP contribution in [0.2, 0.25) is 0 Å². The van der Waals surface area contributed by atoms with Gasteiger partial charge in [0, 0.05) is 6.20 Å². The summed E-state index contributed by atoms with van der Waals surface area (Å²) in [6.07, 6.45) is -3.06. The lowest BCUT2D eigenvalue weighted by molar-refractivity contribution is -0.274. The lowest BCUT2D eigenvalue weighted by atomic mass is 10.1. The van der Waals surface area contributed by atoms with Crippen LogP contribution in [0.5, 0.6) is 5.75 Å². The smallest absolute Gasteiger partial charge is 0.406 e. The van der Waals surface area contributed by atoms with Crippen molar-refractivity contribution >= 4 is 17.5 Å². The molecule has 3 aromatic rings. The van der Waals surface area contributed by atoms with E-state index in [0.29, 0.717) is 11.2 Å². The van der Waals surface area contributed by atoms with Crippen molar-refractivity contribution in [2.75, 3.05) is 5.32 Å². The summed E-state index contributed by atoms with van der Waals surface area (Å²) < 4.78 is 41.7. The van der Waals surface area contributed by atoms with Crippen LogP contribution in [0.1, 0.15) is 5.56 Å². The molecule has 124 valence electrons. The van der Waals surface area contributed by atoms with Crippen molar-refractivity contribution in [3.63, 3.8) is 0 Å². The first-order valence-corrected chi connectivity index (χ1v) is 6.85. The Bertz CT molecular complexity index is 859. The molecule has 0 radical (unpaired) electrons. The Balaban J connectivity index is 1.64. The highest BCUT2D eigenvalue weighted by Gasteiger charge is 2.30. The van der Waals surface area contributed by atoms with Gasteiger partial charge >= 0.3 is 6.36 Å². The summed E-state index contributed by atoms with van der Waals surface area (Å²) in [5.41, 5.74) is 1.12. The highest BCUT2D eigenvalue weighted by atomic mass is 19.4. The summed E-state index contributed by atoms with van der Waals surface area (Å²) in [5.74, 6) is -0.430. The van der Waals surface area contributed by atoms with Gasteiger partial charge in [0.05, 0.1) is 6.42 Å². The molecule has 1 amide bonds. The molecule has 0 bridgehead atoms. The van der Waals surface area contributed by atoms with E-state index < -0.39 is 6.36 Å². The minimum absolute atomic E-state index is 0.0198. The third-order valence-corrected chi connectivity index (χ3v) is 3.09. The van der Waals surface area contributed by atoms with Gasteiger partial charge in [-0.2, -0.15) is 0 Å². The summed E-state index contributed by atoms with van der Waals surface area (Å²) in [7, 11) is 0. The van der Waals surface area contributed by atoms with Crippen LogP contribution in [0.4, 0.5) is 19.1 Å². The first-order chi connectivity index (χ1) is 11.4. The number of aromatic nitrogens is 3. The third kappa shape index (κ3) is 3.80. The quantitative estimate of drug-likeness (QED) is 0.795. The summed E-state index contributed by atoms with van der Waals surface area (Å²) in [6.45, 7) is 0. The summed E-state index contributed by atoms with van der Waals surface area (Å²) >= 11 is 0. The number of anilines is 1. The molecule has 2 aromatic heterocycles. The van der Waals surface area contributed by atoms with Gasteiger partial charge in [0.2, 0.25) is 11.9 Å². The second-order valence-electron chi connectivity index (χ2n) is 4.87. The van der Waals surface area contributed by atoms with Gasteiger partial charge in [-0.05, 0) is 29.8 Å². The number of rotatable bonds is 4. The van der Waals surface area contributed by atoms with E-state index in [0.717, 1.165) is 12.1 Å². The fourth-order valence-electron chi connectivity index (χ4n) is 2.09. The van der Waals surface area contributed by atoms with Crippen LogP contribution < -0.4 is 10.1 Å². The van der Waals surface area contributed by atoms with E-state index in [1.807, 2.05) is 0 Å². The van der Waals surface area contributed by atoms with E-state index >= 15 is 0 Å². The van der Waals surface area contributed by atoms with E-state index in [4.69, 9.17) is 0 Å². The minimum Gasteiger partial charge on any atom is -0.406 e. The van der Waals surface area contributed by atoms with Crippen molar-refractivity contribution in [3.8, 4) is 5.75 Å². The molecular weight excluding hydrogens is 325 g/mol. The molecule has 3 rings (SSSR count). The zero-order chi connectivity index (χ0) is 17.2. The minimum atomic E-state index is -4.74. The second kappa shape index (κ2) is 6.19. The number of alkyl halides is 3. The average Bonchev–Trinajstić information content (AvgIpc) is 2.91. The number of hydrogen-bond acceptors (Lipinski definition) is 4. The number of nitrogens with zero attached hydrogens (tertiary/aromatic N) is 3. The molecule has 1 aromatic carbocycles. The van der Waals surface area contributed by atoms with Gasteiger partial charge in [0.1, 0.15) is 5.75 Å². The topological polar surface area (TPSA) is 68.5 Å². The molecule has 0 saturated heterocycles. The molecule has 2 heterocycles. The summed E-state index contributed by atoms with van der Waals surface area (Å²) in [4.78, 5) is 12.0. The fraction of sp³-hybridized carbons (Fsp3) is 0.133. The molecule has 0 spiro atoms. The van der Waals surface area contributed by atoms with Crippen molar-refractivity contribution < 1.29 is 22.7 Å². The zero-order valence-electron chi connectivity index (χ0n) is 12.1. The largest absolute Gasteiger partial charge is 0.573 e. The molecule has 1 N–H and O–H groups in total. The van der Waals surface area contributed by atoms with Gasteiger partial charge in [0.15, 0.2) is 5.65 Å². The Labute approximate surface area is 133 Å². The molecule has 0 saturated carbocycles. The fourth-order valence-corrected chi connectivity index (χ4v) is 2.09. The van der Waals surface area contributed by atoms with E-state index in [1.165, 1.54) is 12.1 Å². The molecule has 24 heavy (non-hydrogen) atoms. The van der Waals surface area contributed by atoms with Crippen LogP contribution in [-0.4, -0.2) is 26.9 Å². The van der Waals surface area contributed by atoms with Gasteiger partial charge in [-0.25, -0.2) is 0 Å². The van der Waals surface area contributed by atoms with Crippen LogP contribution in [0.3, 0.4) is 0 Å². The van der Waals surface area contributed by atoms with E-state index in [-0.39, 0.29) is 24.0 Å². The molecule has 6 nitrogen and oxygen atoms in total. The molecule has 0 aliphatic carbocycles. The SMILES string of the molecule is O=C(Cc1ccc(OC(F)(F)F)cc1)Nc1nnc2ccccn12. The number of hydrogen-bond donors (Lipinski definition) is 1. The predicted molar refractivity (Wildman–Crippen MR) is 78.4 cm³/mol. The molecule has 0 fully saturated rings. The molecule has 0 aliphatic rings. The van der Waals surface area contributed by atoms with Crippen LogP contribution in [0.15, 0.2) is 48.7 Å². The number of benzene rings is 1. The van der Waals surface area contributed by atoms with Crippen LogP contribution >= 0.6 is 0 Å². The highest BCUT2D eigenvalue weighted by Crippen LogP contribution is 2.22. The average molecular weight is 336 g/mol. The van der Waals surface area contributed by atoms with Crippen molar-refractivity contribution in [3.05, 3.63) is 54.2 Å². The van der Waals surface area contributed by atoms with Crippen LogP contribution in [-0.2, 0) is 11.2 Å². The molecule has 9 heteroatoms. The first-order valence-electron chi connectivity index (χ1n) is 6.85. The first kappa shape index (κ1) is 15.8. The number of amides is 1. The highest BCUT2D eigenvalue weighted by molar-refractivity contribution is 5.91. The lowest BCUT2D eigenvalue weighted by Crippen LogP contribution is -2.17. The van der Waals surface area contributed by atoms with Crippen molar-refractivity contribution in [1.29, 1.82) is 0 Å². The third-order valence-electron chi connectivity index (χ3n) is 3.09. The van der Waals surface area contributed by atoms with Crippen LogP contribution in [0.25, 0.3) is 5.65 Å². The number of halogens is 3. The molecule has 0 atom stereocenters. The maximum atomic E-state index is 12.1. The normalized spacial score (nSPS) is 11.5. The Morgan fingerprint density at radius 3 is 2.58 bits per heavy atom. The molecule has 0 unspecified atom stereocenters. The Kier molecular flexibility index (Phi) is 4.07. The molecule has 0 aliphatic heterocycles. The number of fused-ring (bicyclic) bond motifs is 1. The van der Waals surface area contributed by atoms with E-state index in [1.54, 1.807) is 28.8 Å². The number of pyridine rings is 1. The second-order valence-corrected chi connectivity index (χ2v) is 4.87. The van der Waals surface area contributed by atoms with Crippen molar-refractivity contribution in [2.45, 2.75) is 12.8 Å². The van der Waals surface area contributed by atoms with Gasteiger partial charge in [-0.1, -0.05) is 18.2 Å². The summed E-state index contributed by atoms with van der Waals surface area (Å²) in [6, 6.07) is 10.4. The number of ether oxygens (including phenoxy) is 1. The standard InChI is InChI=1S/C15H11F3N4O2/c16-15(17,18)24-11-6-4-10(5-7-11)9-13(23)19-14-21-20-12-3-1-2-8-22(12)14/h1-8H,9H2,(H,19,21,23). The van der Waals surface area contributed by atoms with Crippen molar-refractivity contribution in [1.82, 2.24) is 14.6 Å². The van der Waals surface area contributed by atoms with Crippen LogP contribution in [0, 0.1) is 0 Å². The number of carbonyl (C=O) groups is 1. The van der Waals surface area contributed by atoms with Gasteiger partial charge in [-0.3, -0.25) is 14.5 Å². The van der Waals surface area contributed by atoms with E-state index in [9.17, 15) is 18.0 Å². The van der Waals surface area contributed by atoms with Gasteiger partial charge in [-0.15, -0.1) is 23.4 Å².